The fourth-order valence-electron chi connectivity index (χ4n) is 10.1. The molecule has 16 heteroatoms. The lowest BCUT2D eigenvalue weighted by atomic mass is 9.50. The summed E-state index contributed by atoms with van der Waals surface area (Å²) in [5, 5.41) is 40.4. The number of aliphatic hydroxyl groups is 2. The van der Waals surface area contributed by atoms with Gasteiger partial charge in [-0.05, 0) is 49.4 Å². The molecule has 7 rings (SSSR count). The second-order valence-electron chi connectivity index (χ2n) is 14.0. The molecule has 2 heterocycles. The molecule has 2 saturated heterocycles. The highest BCUT2D eigenvalue weighted by atomic mass is 16.4. The summed E-state index contributed by atoms with van der Waals surface area (Å²) < 4.78 is 0. The van der Waals surface area contributed by atoms with E-state index in [0.29, 0.717) is 30.1 Å². The van der Waals surface area contributed by atoms with Gasteiger partial charge in [-0.3, -0.25) is 34.2 Å². The summed E-state index contributed by atoms with van der Waals surface area (Å²) in [6, 6.07) is -4.75. The van der Waals surface area contributed by atoms with Crippen LogP contribution in [-0.2, 0) is 28.8 Å². The second kappa shape index (κ2) is 10.9. The van der Waals surface area contributed by atoms with Crippen LogP contribution in [0.1, 0.15) is 46.5 Å². The average Bonchev–Trinajstić information content (AvgIpc) is 3.56. The third kappa shape index (κ3) is 4.32. The third-order valence-corrected chi connectivity index (χ3v) is 12.0. The van der Waals surface area contributed by atoms with Crippen molar-refractivity contribution in [3.63, 3.8) is 0 Å². The highest BCUT2D eigenvalue weighted by Crippen LogP contribution is 2.88. The van der Waals surface area contributed by atoms with Crippen molar-refractivity contribution in [2.45, 2.75) is 81.9 Å². The SMILES string of the molecule is CCC(C)C(NC(=O)C(N)CO)C(=O)NC(C)C(=O)NC(CCC(=O)O)C(=O)NN[C@@]12NC(=O)[C@@]3(O)C4C5C(C41)[C@@H]1C[C@H]5C3C12. The number of carboxylic acids is 1. The van der Waals surface area contributed by atoms with Gasteiger partial charge in [-0.2, -0.15) is 0 Å². The van der Waals surface area contributed by atoms with Gasteiger partial charge in [0.05, 0.1) is 6.61 Å². The molecule has 4 bridgehead atoms. The molecule has 0 aromatic heterocycles. The Bertz CT molecular complexity index is 1330. The van der Waals surface area contributed by atoms with Crippen molar-refractivity contribution in [2.24, 2.45) is 59.0 Å². The summed E-state index contributed by atoms with van der Waals surface area (Å²) in [5.74, 6) is -3.86. The van der Waals surface area contributed by atoms with Gasteiger partial charge in [0, 0.05) is 30.1 Å². The van der Waals surface area contributed by atoms with Gasteiger partial charge in [0.25, 0.3) is 11.8 Å². The van der Waals surface area contributed by atoms with Crippen LogP contribution in [-0.4, -0.2) is 92.9 Å². The molecule has 0 radical (unpaired) electrons. The lowest BCUT2D eigenvalue weighted by Gasteiger charge is -2.63. The summed E-state index contributed by atoms with van der Waals surface area (Å²) in [5.41, 5.74) is 9.03. The van der Waals surface area contributed by atoms with Crippen molar-refractivity contribution in [3.05, 3.63) is 0 Å². The Balaban J connectivity index is 1.10. The van der Waals surface area contributed by atoms with E-state index >= 15 is 0 Å². The Labute approximate surface area is 259 Å². The van der Waals surface area contributed by atoms with Gasteiger partial charge in [0.1, 0.15) is 35.4 Å². The van der Waals surface area contributed by atoms with Gasteiger partial charge in [0.15, 0.2) is 0 Å². The minimum absolute atomic E-state index is 0.0302. The molecule has 248 valence electrons. The number of aliphatic carboxylic acids is 1. The number of hydrogen-bond acceptors (Lipinski definition) is 10. The Morgan fingerprint density at radius 3 is 2.27 bits per heavy atom. The maximum Gasteiger partial charge on any atom is 0.303 e. The normalized spacial score (nSPS) is 40.2. The summed E-state index contributed by atoms with van der Waals surface area (Å²) in [7, 11) is 0. The number of hydrazine groups is 1. The maximum absolute atomic E-state index is 13.4. The molecule has 5 saturated carbocycles. The Kier molecular flexibility index (Phi) is 7.65. The van der Waals surface area contributed by atoms with Crippen molar-refractivity contribution in [2.75, 3.05) is 6.61 Å². The van der Waals surface area contributed by atoms with E-state index in [0.717, 1.165) is 6.42 Å². The number of nitrogens with one attached hydrogen (secondary N) is 6. The molecular weight excluding hydrogens is 590 g/mol. The topological polar surface area (TPSA) is 261 Å². The maximum atomic E-state index is 13.4. The molecular formula is C29H43N7O9. The number of rotatable bonds is 15. The second-order valence-corrected chi connectivity index (χ2v) is 14.0. The van der Waals surface area contributed by atoms with E-state index < -0.39 is 84.0 Å². The van der Waals surface area contributed by atoms with E-state index in [4.69, 9.17) is 10.8 Å². The molecule has 0 spiro atoms. The van der Waals surface area contributed by atoms with Gasteiger partial charge in [-0.1, -0.05) is 20.3 Å². The first kappa shape index (κ1) is 31.6. The van der Waals surface area contributed by atoms with Crippen LogP contribution in [0.25, 0.3) is 0 Å². The molecule has 11 N–H and O–H groups in total. The van der Waals surface area contributed by atoms with Crippen molar-refractivity contribution in [1.29, 1.82) is 0 Å². The first-order valence-corrected chi connectivity index (χ1v) is 15.8. The smallest absolute Gasteiger partial charge is 0.303 e. The van der Waals surface area contributed by atoms with E-state index in [1.807, 2.05) is 6.92 Å². The molecule has 5 aliphatic carbocycles. The first-order chi connectivity index (χ1) is 21.2. The Morgan fingerprint density at radius 2 is 1.62 bits per heavy atom. The van der Waals surface area contributed by atoms with Crippen LogP contribution in [0, 0.1) is 53.3 Å². The average molecular weight is 634 g/mol. The van der Waals surface area contributed by atoms with E-state index in [9.17, 15) is 39.0 Å². The van der Waals surface area contributed by atoms with Crippen molar-refractivity contribution < 1.29 is 44.1 Å². The van der Waals surface area contributed by atoms with Crippen LogP contribution < -0.4 is 37.9 Å². The minimum atomic E-state index is -1.36. The third-order valence-electron chi connectivity index (χ3n) is 12.0. The van der Waals surface area contributed by atoms with Gasteiger partial charge in [-0.15, -0.1) is 0 Å². The number of nitrogens with two attached hydrogens (primary N) is 1. The van der Waals surface area contributed by atoms with Crippen LogP contribution in [0.2, 0.25) is 0 Å². The number of hydrogen-bond donors (Lipinski definition) is 10. The van der Waals surface area contributed by atoms with E-state index in [1.54, 1.807) is 6.92 Å². The van der Waals surface area contributed by atoms with E-state index in [-0.39, 0.29) is 36.0 Å². The quantitative estimate of drug-likeness (QED) is 0.0784. The standard InChI is InChI=1S/C29H43N7O9/c1-4-9(2)22(33-24(41)13(30)8-37)26(43)31-10(3)23(40)32-14(5-6-15(38)39)25(42)35-36-29-19-12-7-11-16-17(12)21(29)20(16)28(45,18(11)19)27(44)34-29/h9-14,16-22,36-37,45H,4-8,30H2,1-3H3,(H,31,43)(H,32,40)(H,33,41)(H,34,44)(H,35,42)(H,38,39)/t9?,10?,11-,12+,13?,14?,16?,17?,18?,19?,20?,21?,22?,28+,29-/m1/s1. The van der Waals surface area contributed by atoms with Gasteiger partial charge >= 0.3 is 5.97 Å². The molecule has 2 aliphatic heterocycles. The van der Waals surface area contributed by atoms with Gasteiger partial charge in [0.2, 0.25) is 17.7 Å². The first-order valence-electron chi connectivity index (χ1n) is 15.8. The Morgan fingerprint density at radius 1 is 0.956 bits per heavy atom. The molecule has 0 aromatic carbocycles. The number of fused-ring (bicyclic) bond motifs is 1. The van der Waals surface area contributed by atoms with Crippen LogP contribution in [0.5, 0.6) is 0 Å². The molecule has 7 aliphatic rings. The number of carbonyl (C=O) groups excluding carboxylic acids is 5. The zero-order valence-corrected chi connectivity index (χ0v) is 25.4. The fourth-order valence-corrected chi connectivity index (χ4v) is 10.1. The summed E-state index contributed by atoms with van der Waals surface area (Å²) >= 11 is 0. The van der Waals surface area contributed by atoms with Gasteiger partial charge in [-0.25, -0.2) is 5.43 Å². The lowest BCUT2D eigenvalue weighted by molar-refractivity contribution is -0.215. The number of aliphatic hydroxyl groups excluding tert-OH is 1. The molecule has 15 atom stereocenters. The summed E-state index contributed by atoms with van der Waals surface area (Å²) in [6.07, 6.45) is 0.796. The van der Waals surface area contributed by atoms with Crippen LogP contribution in [0.15, 0.2) is 0 Å². The molecule has 5 amide bonds. The fraction of sp³-hybridized carbons (Fsp3) is 0.793. The van der Waals surface area contributed by atoms with Crippen LogP contribution in [0.3, 0.4) is 0 Å². The van der Waals surface area contributed by atoms with Gasteiger partial charge < -0.3 is 42.3 Å². The van der Waals surface area contributed by atoms with Crippen LogP contribution >= 0.6 is 0 Å². The van der Waals surface area contributed by atoms with Crippen molar-refractivity contribution in [3.8, 4) is 0 Å². The van der Waals surface area contributed by atoms with Crippen molar-refractivity contribution >= 4 is 35.5 Å². The van der Waals surface area contributed by atoms with E-state index in [1.165, 1.54) is 6.92 Å². The predicted molar refractivity (Wildman–Crippen MR) is 152 cm³/mol. The highest BCUT2D eigenvalue weighted by molar-refractivity contribution is 5.95. The number of carboxylic acid groups (broad SMARTS) is 1. The lowest BCUT2D eigenvalue weighted by Crippen LogP contribution is -2.85. The Hall–Kier alpha value is -3.34. The number of amides is 5. The number of piperidine rings is 2. The largest absolute Gasteiger partial charge is 0.481 e. The van der Waals surface area contributed by atoms with Crippen molar-refractivity contribution in [1.82, 2.24) is 32.1 Å². The van der Waals surface area contributed by atoms with E-state index in [2.05, 4.69) is 32.1 Å². The minimum Gasteiger partial charge on any atom is -0.481 e. The highest BCUT2D eigenvalue weighted by Gasteiger charge is 2.95. The molecule has 11 unspecified atom stereocenters. The predicted octanol–water partition coefficient (Wildman–Crippen LogP) is -3.74. The molecule has 45 heavy (non-hydrogen) atoms. The zero-order chi connectivity index (χ0) is 32.7. The summed E-state index contributed by atoms with van der Waals surface area (Å²) in [6.45, 7) is 4.30. The molecule has 0 aromatic rings. The summed E-state index contributed by atoms with van der Waals surface area (Å²) in [4.78, 5) is 76.4. The number of carbonyl (C=O) groups is 6. The molecule has 16 nitrogen and oxygen atoms in total. The molecule has 7 fully saturated rings. The monoisotopic (exact) mass is 633 g/mol. The van der Waals surface area contributed by atoms with Crippen LogP contribution in [0.4, 0.5) is 0 Å². The zero-order valence-electron chi connectivity index (χ0n) is 25.4.